The zero-order valence-electron chi connectivity index (χ0n) is 14.2. The van der Waals surface area contributed by atoms with Crippen LogP contribution in [0.5, 0.6) is 0 Å². The van der Waals surface area contributed by atoms with Crippen molar-refractivity contribution in [1.29, 1.82) is 0 Å². The molecule has 5 atom stereocenters. The lowest BCUT2D eigenvalue weighted by Crippen LogP contribution is -2.39. The molecule has 0 saturated heterocycles. The first-order chi connectivity index (χ1) is 9.36. The van der Waals surface area contributed by atoms with E-state index >= 15 is 0 Å². The van der Waals surface area contributed by atoms with E-state index in [0.717, 1.165) is 36.5 Å². The highest BCUT2D eigenvalue weighted by Gasteiger charge is 2.52. The average Bonchev–Trinajstić information content (AvgIpc) is 2.74. The van der Waals surface area contributed by atoms with Crippen LogP contribution in [-0.2, 0) is 4.79 Å². The molecule has 0 radical (unpaired) electrons. The van der Waals surface area contributed by atoms with E-state index in [0.29, 0.717) is 17.1 Å². The van der Waals surface area contributed by atoms with Crippen LogP contribution >= 0.6 is 0 Å². The molecule has 2 saturated carbocycles. The number of carbonyl (C=O) groups is 1. The summed E-state index contributed by atoms with van der Waals surface area (Å²) < 4.78 is 0. The Kier molecular flexibility index (Phi) is 4.97. The molecule has 2 rings (SSSR count). The molecule has 116 valence electrons. The molecule has 0 N–H and O–H groups in total. The van der Waals surface area contributed by atoms with E-state index in [4.69, 9.17) is 0 Å². The van der Waals surface area contributed by atoms with Crippen molar-refractivity contribution in [2.75, 3.05) is 0 Å². The first-order valence-electron chi connectivity index (χ1n) is 8.89. The van der Waals surface area contributed by atoms with E-state index in [2.05, 4.69) is 34.6 Å². The number of Topliss-reactive ketones (excluding diaryl/α,β-unsaturated/α-hetero) is 1. The van der Waals surface area contributed by atoms with Gasteiger partial charge in [-0.3, -0.25) is 4.79 Å². The molecule has 20 heavy (non-hydrogen) atoms. The fraction of sp³-hybridized carbons (Fsp3) is 0.947. The van der Waals surface area contributed by atoms with Crippen LogP contribution in [-0.4, -0.2) is 5.78 Å². The topological polar surface area (TPSA) is 17.1 Å². The molecule has 0 aromatic rings. The fourth-order valence-corrected chi connectivity index (χ4v) is 4.97. The predicted octanol–water partition coefficient (Wildman–Crippen LogP) is 5.48. The molecule has 0 aromatic heterocycles. The minimum atomic E-state index is 0.329. The molecule has 0 amide bonds. The summed E-state index contributed by atoms with van der Waals surface area (Å²) in [5.74, 6) is 4.17. The Labute approximate surface area is 125 Å². The van der Waals surface area contributed by atoms with Crippen LogP contribution in [0.15, 0.2) is 0 Å². The zero-order valence-corrected chi connectivity index (χ0v) is 14.2. The summed E-state index contributed by atoms with van der Waals surface area (Å²) in [6, 6.07) is 0. The lowest BCUT2D eigenvalue weighted by molar-refractivity contribution is -0.130. The van der Waals surface area contributed by atoms with Crippen LogP contribution in [0.1, 0.15) is 79.6 Å². The van der Waals surface area contributed by atoms with Gasteiger partial charge in [0, 0.05) is 12.3 Å². The van der Waals surface area contributed by atoms with E-state index in [9.17, 15) is 4.79 Å². The van der Waals surface area contributed by atoms with Crippen LogP contribution in [0.25, 0.3) is 0 Å². The van der Waals surface area contributed by atoms with Gasteiger partial charge in [-0.2, -0.15) is 0 Å². The maximum atomic E-state index is 12.2. The Hall–Kier alpha value is -0.330. The molecule has 2 fully saturated rings. The SMILES string of the molecule is CC(C)C(C)CCC(C)C1CCC2C(=O)CCC[C@@]21C. The largest absolute Gasteiger partial charge is 0.299 e. The highest BCUT2D eigenvalue weighted by atomic mass is 16.1. The van der Waals surface area contributed by atoms with Crippen molar-refractivity contribution in [2.24, 2.45) is 35.0 Å². The third kappa shape index (κ3) is 2.97. The van der Waals surface area contributed by atoms with Crippen molar-refractivity contribution in [2.45, 2.75) is 79.6 Å². The number of hydrogen-bond donors (Lipinski definition) is 0. The minimum Gasteiger partial charge on any atom is -0.299 e. The van der Waals surface area contributed by atoms with Crippen LogP contribution in [0.3, 0.4) is 0 Å². The predicted molar refractivity (Wildman–Crippen MR) is 85.6 cm³/mol. The number of rotatable bonds is 5. The maximum Gasteiger partial charge on any atom is 0.136 e. The lowest BCUT2D eigenvalue weighted by atomic mass is 9.62. The molecule has 0 aromatic carbocycles. The standard InChI is InChI=1S/C19H34O/c1-13(2)14(3)8-9-15(4)16-10-11-17-18(20)7-6-12-19(16,17)5/h13-17H,6-12H2,1-5H3/t14?,15?,16?,17?,19-/m1/s1. The Morgan fingerprint density at radius 2 is 1.85 bits per heavy atom. The summed E-state index contributed by atoms with van der Waals surface area (Å²) in [6.45, 7) is 11.9. The Bertz CT molecular complexity index is 346. The van der Waals surface area contributed by atoms with Gasteiger partial charge in [0.1, 0.15) is 5.78 Å². The van der Waals surface area contributed by atoms with Crippen molar-refractivity contribution >= 4 is 5.78 Å². The van der Waals surface area contributed by atoms with Crippen molar-refractivity contribution < 1.29 is 4.79 Å². The molecule has 4 unspecified atom stereocenters. The first kappa shape index (κ1) is 16.0. The summed E-state index contributed by atoms with van der Waals surface area (Å²) >= 11 is 0. The van der Waals surface area contributed by atoms with Crippen molar-refractivity contribution in [3.63, 3.8) is 0 Å². The molecular formula is C19H34O. The third-order valence-corrected chi connectivity index (χ3v) is 6.84. The number of fused-ring (bicyclic) bond motifs is 1. The molecule has 1 heteroatoms. The normalized spacial score (nSPS) is 37.0. The molecule has 0 aliphatic heterocycles. The molecule has 2 aliphatic carbocycles. The maximum absolute atomic E-state index is 12.2. The molecule has 0 bridgehead atoms. The van der Waals surface area contributed by atoms with Crippen molar-refractivity contribution in [3.8, 4) is 0 Å². The van der Waals surface area contributed by atoms with Crippen LogP contribution in [0.2, 0.25) is 0 Å². The van der Waals surface area contributed by atoms with E-state index < -0.39 is 0 Å². The molecule has 0 spiro atoms. The highest BCUT2D eigenvalue weighted by molar-refractivity contribution is 5.83. The number of carbonyl (C=O) groups excluding carboxylic acids is 1. The van der Waals surface area contributed by atoms with E-state index in [1.807, 2.05) is 0 Å². The van der Waals surface area contributed by atoms with E-state index in [1.54, 1.807) is 0 Å². The summed E-state index contributed by atoms with van der Waals surface area (Å²) in [5, 5.41) is 0. The molecule has 2 aliphatic rings. The molecular weight excluding hydrogens is 244 g/mol. The molecule has 1 nitrogen and oxygen atoms in total. The van der Waals surface area contributed by atoms with Gasteiger partial charge in [-0.05, 0) is 54.8 Å². The van der Waals surface area contributed by atoms with Crippen molar-refractivity contribution in [3.05, 3.63) is 0 Å². The second kappa shape index (κ2) is 6.20. The lowest BCUT2D eigenvalue weighted by Gasteiger charge is -2.42. The van der Waals surface area contributed by atoms with Gasteiger partial charge < -0.3 is 0 Å². The van der Waals surface area contributed by atoms with E-state index in [1.165, 1.54) is 32.1 Å². The van der Waals surface area contributed by atoms with Crippen LogP contribution in [0, 0.1) is 35.0 Å². The smallest absolute Gasteiger partial charge is 0.136 e. The Balaban J connectivity index is 1.97. The third-order valence-electron chi connectivity index (χ3n) is 6.84. The van der Waals surface area contributed by atoms with Gasteiger partial charge >= 0.3 is 0 Å². The minimum absolute atomic E-state index is 0.329. The van der Waals surface area contributed by atoms with Gasteiger partial charge in [0.25, 0.3) is 0 Å². The van der Waals surface area contributed by atoms with E-state index in [-0.39, 0.29) is 0 Å². The second-order valence-electron chi connectivity index (χ2n) is 8.34. The monoisotopic (exact) mass is 278 g/mol. The van der Waals surface area contributed by atoms with Gasteiger partial charge in [0.05, 0.1) is 0 Å². The van der Waals surface area contributed by atoms with Gasteiger partial charge in [-0.1, -0.05) is 47.5 Å². The van der Waals surface area contributed by atoms with Gasteiger partial charge in [0.2, 0.25) is 0 Å². The average molecular weight is 278 g/mol. The zero-order chi connectivity index (χ0) is 14.9. The van der Waals surface area contributed by atoms with Crippen LogP contribution in [0.4, 0.5) is 0 Å². The first-order valence-corrected chi connectivity index (χ1v) is 8.89. The summed E-state index contributed by atoms with van der Waals surface area (Å²) in [5.41, 5.74) is 0.329. The van der Waals surface area contributed by atoms with Gasteiger partial charge in [-0.15, -0.1) is 0 Å². The fourth-order valence-electron chi connectivity index (χ4n) is 4.97. The van der Waals surface area contributed by atoms with Crippen molar-refractivity contribution in [1.82, 2.24) is 0 Å². The summed E-state index contributed by atoms with van der Waals surface area (Å²) in [7, 11) is 0. The second-order valence-corrected chi connectivity index (χ2v) is 8.34. The highest BCUT2D eigenvalue weighted by Crippen LogP contribution is 2.57. The quantitative estimate of drug-likeness (QED) is 0.650. The summed E-state index contributed by atoms with van der Waals surface area (Å²) in [6.07, 6.45) is 8.44. The molecule has 0 heterocycles. The number of ketones is 1. The van der Waals surface area contributed by atoms with Crippen LogP contribution < -0.4 is 0 Å². The Morgan fingerprint density at radius 1 is 1.15 bits per heavy atom. The van der Waals surface area contributed by atoms with Gasteiger partial charge in [0.15, 0.2) is 0 Å². The Morgan fingerprint density at radius 3 is 2.50 bits per heavy atom. The summed E-state index contributed by atoms with van der Waals surface area (Å²) in [4.78, 5) is 12.2. The van der Waals surface area contributed by atoms with Gasteiger partial charge in [-0.25, -0.2) is 0 Å². The number of hydrogen-bond acceptors (Lipinski definition) is 1.